The number of esters is 3. The van der Waals surface area contributed by atoms with Gasteiger partial charge in [0, 0.05) is 19.3 Å². The Morgan fingerprint density at radius 3 is 0.887 bits per heavy atom. The highest BCUT2D eigenvalue weighted by molar-refractivity contribution is 5.71. The number of ether oxygens (including phenoxy) is 3. The quantitative estimate of drug-likeness (QED) is 0.0261. The summed E-state index contributed by atoms with van der Waals surface area (Å²) in [7, 11) is 0. The second-order valence-corrected chi connectivity index (χ2v) is 18.8. The molecular weight excluding hydrogens is 877 g/mol. The highest BCUT2D eigenvalue weighted by atomic mass is 16.6. The van der Waals surface area contributed by atoms with Crippen LogP contribution >= 0.6 is 0 Å². The molecule has 0 aliphatic carbocycles. The standard InChI is InChI=1S/C65H106O6/c1-4-7-10-13-16-18-20-22-24-25-26-27-28-29-30-31-32-33-34-35-36-37-38-39-41-42-44-46-49-52-55-58-64(67)70-61-62(60-69-63(66)57-54-51-48-15-12-9-6-3)71-65(68)59-56-53-50-47-45-43-40-23-21-19-17-14-11-8-5-2/h7,10,16,18,22-24,26-27,29-30,32-33,35-36,38-40,42,44,62H,4-6,8-9,11-15,17,19-21,25,28,31,34,37,41,43,45-61H2,1-3H3/b10-7-,18-16-,24-22-,27-26-,30-29-,33-32-,36-35-,39-38-,40-23-,44-42-. The van der Waals surface area contributed by atoms with E-state index < -0.39 is 6.10 Å². The third kappa shape index (κ3) is 56.6. The van der Waals surface area contributed by atoms with Gasteiger partial charge in [-0.2, -0.15) is 0 Å². The van der Waals surface area contributed by atoms with Gasteiger partial charge in [-0.25, -0.2) is 0 Å². The van der Waals surface area contributed by atoms with Crippen molar-refractivity contribution in [1.82, 2.24) is 0 Å². The van der Waals surface area contributed by atoms with Gasteiger partial charge in [0.15, 0.2) is 6.10 Å². The molecule has 71 heavy (non-hydrogen) atoms. The Kier molecular flexibility index (Phi) is 54.9. The predicted octanol–water partition coefficient (Wildman–Crippen LogP) is 19.6. The summed E-state index contributed by atoms with van der Waals surface area (Å²) < 4.78 is 16.7. The molecule has 0 bridgehead atoms. The maximum Gasteiger partial charge on any atom is 0.306 e. The monoisotopic (exact) mass is 983 g/mol. The molecule has 0 radical (unpaired) electrons. The Morgan fingerprint density at radius 2 is 0.549 bits per heavy atom. The SMILES string of the molecule is CC/C=C\C/C=C\C/C=C\C/C=C\C/C=C\C/C=C\C/C=C\C/C=C\C/C=C\CCCCCC(=O)OCC(COC(=O)CCCCCCCCC)OC(=O)CCCCCCC/C=C\CCCCCCCC. The zero-order valence-electron chi connectivity index (χ0n) is 45.9. The molecule has 0 saturated heterocycles. The summed E-state index contributed by atoms with van der Waals surface area (Å²) >= 11 is 0. The van der Waals surface area contributed by atoms with Crippen molar-refractivity contribution in [2.75, 3.05) is 13.2 Å². The normalized spacial score (nSPS) is 13.0. The predicted molar refractivity (Wildman–Crippen MR) is 306 cm³/mol. The van der Waals surface area contributed by atoms with Crippen molar-refractivity contribution in [3.05, 3.63) is 122 Å². The van der Waals surface area contributed by atoms with Crippen LogP contribution in [0.25, 0.3) is 0 Å². The molecule has 6 nitrogen and oxygen atoms in total. The Labute approximate surface area is 437 Å². The number of hydrogen-bond acceptors (Lipinski definition) is 6. The molecule has 0 aromatic heterocycles. The van der Waals surface area contributed by atoms with Crippen LogP contribution in [-0.2, 0) is 28.6 Å². The molecule has 0 aliphatic heterocycles. The zero-order valence-corrected chi connectivity index (χ0v) is 45.9. The molecule has 0 heterocycles. The molecule has 1 unspecified atom stereocenters. The van der Waals surface area contributed by atoms with E-state index >= 15 is 0 Å². The Bertz CT molecular complexity index is 1500. The molecule has 1 atom stereocenters. The van der Waals surface area contributed by atoms with Crippen LogP contribution in [0.1, 0.15) is 252 Å². The van der Waals surface area contributed by atoms with Crippen LogP contribution < -0.4 is 0 Å². The minimum atomic E-state index is -0.795. The van der Waals surface area contributed by atoms with Gasteiger partial charge in [0.25, 0.3) is 0 Å². The molecule has 6 heteroatoms. The number of carbonyl (C=O) groups excluding carboxylic acids is 3. The van der Waals surface area contributed by atoms with E-state index in [4.69, 9.17) is 14.2 Å². The first-order chi connectivity index (χ1) is 35.0. The van der Waals surface area contributed by atoms with Crippen molar-refractivity contribution in [3.63, 3.8) is 0 Å². The third-order valence-electron chi connectivity index (χ3n) is 12.0. The van der Waals surface area contributed by atoms with Gasteiger partial charge in [0.05, 0.1) is 0 Å². The van der Waals surface area contributed by atoms with E-state index in [2.05, 4.69) is 142 Å². The minimum Gasteiger partial charge on any atom is -0.462 e. The Hall–Kier alpha value is -4.19. The van der Waals surface area contributed by atoms with Crippen molar-refractivity contribution in [2.24, 2.45) is 0 Å². The van der Waals surface area contributed by atoms with E-state index in [0.29, 0.717) is 19.3 Å². The molecule has 0 fully saturated rings. The molecule has 0 aliphatic rings. The lowest BCUT2D eigenvalue weighted by Gasteiger charge is -2.18. The second kappa shape index (κ2) is 58.4. The first-order valence-corrected chi connectivity index (χ1v) is 29.0. The number of allylic oxidation sites excluding steroid dienone is 20. The Balaban J connectivity index is 4.26. The molecule has 0 rings (SSSR count). The van der Waals surface area contributed by atoms with Gasteiger partial charge in [-0.1, -0.05) is 239 Å². The van der Waals surface area contributed by atoms with Crippen molar-refractivity contribution in [3.8, 4) is 0 Å². The highest BCUT2D eigenvalue weighted by Gasteiger charge is 2.19. The van der Waals surface area contributed by atoms with E-state index in [1.807, 2.05) is 0 Å². The van der Waals surface area contributed by atoms with Crippen LogP contribution in [0.4, 0.5) is 0 Å². The number of hydrogen-bond donors (Lipinski definition) is 0. The lowest BCUT2D eigenvalue weighted by atomic mass is 10.1. The molecule has 0 aromatic carbocycles. The minimum absolute atomic E-state index is 0.0932. The summed E-state index contributed by atoms with van der Waals surface area (Å²) in [4.78, 5) is 37.9. The molecule has 0 saturated carbocycles. The van der Waals surface area contributed by atoms with Crippen LogP contribution in [0.5, 0.6) is 0 Å². The van der Waals surface area contributed by atoms with Gasteiger partial charge in [0.2, 0.25) is 0 Å². The molecule has 402 valence electrons. The van der Waals surface area contributed by atoms with E-state index in [1.54, 1.807) is 0 Å². The average Bonchev–Trinajstić information content (AvgIpc) is 3.37. The van der Waals surface area contributed by atoms with Gasteiger partial charge in [-0.05, 0) is 116 Å². The first kappa shape index (κ1) is 66.8. The van der Waals surface area contributed by atoms with Crippen LogP contribution in [0.2, 0.25) is 0 Å². The fraction of sp³-hybridized carbons (Fsp3) is 0.646. The largest absolute Gasteiger partial charge is 0.462 e. The van der Waals surface area contributed by atoms with Gasteiger partial charge < -0.3 is 14.2 Å². The third-order valence-corrected chi connectivity index (χ3v) is 12.0. The van der Waals surface area contributed by atoms with Crippen LogP contribution in [-0.4, -0.2) is 37.2 Å². The summed E-state index contributed by atoms with van der Waals surface area (Å²) in [5.74, 6) is -0.946. The van der Waals surface area contributed by atoms with Crippen LogP contribution in [0.15, 0.2) is 122 Å². The summed E-state index contributed by atoms with van der Waals surface area (Å²) in [6.07, 6.45) is 80.7. The maximum absolute atomic E-state index is 12.8. The fourth-order valence-corrected chi connectivity index (χ4v) is 7.60. The van der Waals surface area contributed by atoms with E-state index in [0.717, 1.165) is 135 Å². The summed E-state index contributed by atoms with van der Waals surface area (Å²) in [5, 5.41) is 0. The number of rotatable bonds is 51. The zero-order chi connectivity index (χ0) is 51.4. The van der Waals surface area contributed by atoms with E-state index in [-0.39, 0.29) is 31.1 Å². The van der Waals surface area contributed by atoms with Gasteiger partial charge in [0.1, 0.15) is 13.2 Å². The number of unbranched alkanes of at least 4 members (excludes halogenated alkanes) is 20. The lowest BCUT2D eigenvalue weighted by molar-refractivity contribution is -0.167. The van der Waals surface area contributed by atoms with Crippen molar-refractivity contribution < 1.29 is 28.6 Å². The lowest BCUT2D eigenvalue weighted by Crippen LogP contribution is -2.30. The average molecular weight is 984 g/mol. The van der Waals surface area contributed by atoms with Gasteiger partial charge in [-0.3, -0.25) is 14.4 Å². The number of carbonyl (C=O) groups is 3. The maximum atomic E-state index is 12.8. The molecular formula is C65H106O6. The molecule has 0 aromatic rings. The van der Waals surface area contributed by atoms with Crippen molar-refractivity contribution >= 4 is 17.9 Å². The molecule has 0 spiro atoms. The topological polar surface area (TPSA) is 78.9 Å². The van der Waals surface area contributed by atoms with Crippen LogP contribution in [0, 0.1) is 0 Å². The Morgan fingerprint density at radius 1 is 0.296 bits per heavy atom. The van der Waals surface area contributed by atoms with Gasteiger partial charge in [-0.15, -0.1) is 0 Å². The first-order valence-electron chi connectivity index (χ1n) is 29.0. The summed E-state index contributed by atoms with van der Waals surface area (Å²) in [6, 6.07) is 0. The van der Waals surface area contributed by atoms with Gasteiger partial charge >= 0.3 is 17.9 Å². The fourth-order valence-electron chi connectivity index (χ4n) is 7.60. The smallest absolute Gasteiger partial charge is 0.306 e. The molecule has 0 N–H and O–H groups in total. The summed E-state index contributed by atoms with van der Waals surface area (Å²) in [6.45, 7) is 6.43. The second-order valence-electron chi connectivity index (χ2n) is 18.8. The van der Waals surface area contributed by atoms with Crippen molar-refractivity contribution in [1.29, 1.82) is 0 Å². The van der Waals surface area contributed by atoms with Crippen molar-refractivity contribution in [2.45, 2.75) is 258 Å². The van der Waals surface area contributed by atoms with Crippen LogP contribution in [0.3, 0.4) is 0 Å². The summed E-state index contributed by atoms with van der Waals surface area (Å²) in [5.41, 5.74) is 0. The van der Waals surface area contributed by atoms with E-state index in [9.17, 15) is 14.4 Å². The molecule has 0 amide bonds. The highest BCUT2D eigenvalue weighted by Crippen LogP contribution is 2.13. The van der Waals surface area contributed by atoms with E-state index in [1.165, 1.54) is 77.0 Å².